The number of fused-ring (bicyclic) bond motifs is 1. The first-order valence-corrected chi connectivity index (χ1v) is 9.27. The molecule has 2 aromatic heterocycles. The predicted molar refractivity (Wildman–Crippen MR) is 97.3 cm³/mol. The van der Waals surface area contributed by atoms with Gasteiger partial charge in [0.1, 0.15) is 11.4 Å². The molecule has 1 amide bonds. The molecule has 2 N–H and O–H groups in total. The van der Waals surface area contributed by atoms with Crippen molar-refractivity contribution in [2.24, 2.45) is 5.92 Å². The molecule has 3 heterocycles. The number of nitrogens with zero attached hydrogens (tertiary/aromatic N) is 2. The number of methoxy groups -OCH3 is 2. The Balaban J connectivity index is 1.83. The molecular formula is C17H24N4O3S. The summed E-state index contributed by atoms with van der Waals surface area (Å²) in [5.74, 6) is 1.48. The van der Waals surface area contributed by atoms with Crippen LogP contribution in [0.4, 0.5) is 0 Å². The maximum atomic E-state index is 12.7. The van der Waals surface area contributed by atoms with Gasteiger partial charge < -0.3 is 20.1 Å². The molecule has 2 aromatic rings. The molecule has 0 spiro atoms. The molecule has 1 aliphatic rings. The third-order valence-corrected chi connectivity index (χ3v) is 5.61. The van der Waals surface area contributed by atoms with E-state index >= 15 is 0 Å². The van der Waals surface area contributed by atoms with Gasteiger partial charge in [0.2, 0.25) is 5.88 Å². The summed E-state index contributed by atoms with van der Waals surface area (Å²) in [6, 6.07) is 0. The number of aromatic nitrogens is 2. The molecule has 0 bridgehead atoms. The molecule has 0 aromatic carbocycles. The average Bonchev–Trinajstić information content (AvgIpc) is 2.97. The number of piperidine rings is 1. The number of aryl methyl sites for hydroxylation is 1. The number of carbonyl (C=O) groups is 1. The number of hydrogen-bond acceptors (Lipinski definition) is 7. The van der Waals surface area contributed by atoms with Crippen LogP contribution in [0, 0.1) is 12.8 Å². The van der Waals surface area contributed by atoms with Gasteiger partial charge in [0.25, 0.3) is 5.91 Å². The summed E-state index contributed by atoms with van der Waals surface area (Å²) < 4.78 is 10.5. The summed E-state index contributed by atoms with van der Waals surface area (Å²) >= 11 is 1.37. The van der Waals surface area contributed by atoms with Crippen LogP contribution < -0.4 is 15.4 Å². The highest BCUT2D eigenvalue weighted by atomic mass is 32.1. The van der Waals surface area contributed by atoms with E-state index in [0.717, 1.165) is 41.7 Å². The van der Waals surface area contributed by atoms with Crippen molar-refractivity contribution in [3.63, 3.8) is 0 Å². The number of thiophene rings is 1. The third kappa shape index (κ3) is 3.91. The molecule has 0 saturated carbocycles. The van der Waals surface area contributed by atoms with E-state index in [1.54, 1.807) is 14.2 Å². The Morgan fingerprint density at radius 1 is 1.40 bits per heavy atom. The van der Waals surface area contributed by atoms with E-state index in [9.17, 15) is 4.79 Å². The Bertz CT molecular complexity index is 756. The molecule has 3 rings (SSSR count). The van der Waals surface area contributed by atoms with Gasteiger partial charge in [-0.1, -0.05) is 0 Å². The fourth-order valence-corrected chi connectivity index (χ4v) is 4.22. The number of carbonyl (C=O) groups excluding carboxylic acids is 1. The van der Waals surface area contributed by atoms with Gasteiger partial charge in [0.05, 0.1) is 17.4 Å². The van der Waals surface area contributed by atoms with Gasteiger partial charge in [0.15, 0.2) is 5.82 Å². The molecule has 7 nitrogen and oxygen atoms in total. The van der Waals surface area contributed by atoms with Gasteiger partial charge in [-0.2, -0.15) is 4.98 Å². The molecule has 1 saturated heterocycles. The van der Waals surface area contributed by atoms with E-state index in [1.807, 2.05) is 6.92 Å². The summed E-state index contributed by atoms with van der Waals surface area (Å²) in [5.41, 5.74) is 0.861. The first-order chi connectivity index (χ1) is 12.1. The van der Waals surface area contributed by atoms with Gasteiger partial charge in [0, 0.05) is 13.7 Å². The summed E-state index contributed by atoms with van der Waals surface area (Å²) in [7, 11) is 3.17. The lowest BCUT2D eigenvalue weighted by molar-refractivity contribution is 0.0948. The third-order valence-electron chi connectivity index (χ3n) is 4.43. The first kappa shape index (κ1) is 18.0. The summed E-state index contributed by atoms with van der Waals surface area (Å²) in [4.78, 5) is 22.9. The Labute approximate surface area is 151 Å². The van der Waals surface area contributed by atoms with Gasteiger partial charge in [-0.3, -0.25) is 4.79 Å². The van der Waals surface area contributed by atoms with Crippen LogP contribution >= 0.6 is 11.3 Å². The van der Waals surface area contributed by atoms with E-state index in [1.165, 1.54) is 11.3 Å². The Kier molecular flexibility index (Phi) is 5.82. The summed E-state index contributed by atoms with van der Waals surface area (Å²) in [6.45, 7) is 4.95. The lowest BCUT2D eigenvalue weighted by atomic mass is 10.00. The fraction of sp³-hybridized carbons (Fsp3) is 0.588. The molecule has 136 valence electrons. The smallest absolute Gasteiger partial charge is 0.261 e. The minimum Gasteiger partial charge on any atom is -0.480 e. The lowest BCUT2D eigenvalue weighted by Gasteiger charge is -2.22. The van der Waals surface area contributed by atoms with Gasteiger partial charge >= 0.3 is 0 Å². The highest BCUT2D eigenvalue weighted by Gasteiger charge is 2.22. The van der Waals surface area contributed by atoms with Gasteiger partial charge in [-0.25, -0.2) is 4.98 Å². The molecule has 1 atom stereocenters. The van der Waals surface area contributed by atoms with Crippen LogP contribution in [0.15, 0.2) is 0 Å². The highest BCUT2D eigenvalue weighted by molar-refractivity contribution is 7.20. The summed E-state index contributed by atoms with van der Waals surface area (Å²) in [5, 5.41) is 7.24. The van der Waals surface area contributed by atoms with Crippen LogP contribution in [0.25, 0.3) is 10.2 Å². The van der Waals surface area contributed by atoms with Crippen molar-refractivity contribution in [1.82, 2.24) is 20.6 Å². The van der Waals surface area contributed by atoms with Crippen molar-refractivity contribution in [2.45, 2.75) is 26.4 Å². The van der Waals surface area contributed by atoms with Crippen molar-refractivity contribution >= 4 is 27.5 Å². The second-order valence-electron chi connectivity index (χ2n) is 6.24. The minimum absolute atomic E-state index is 0.0542. The number of nitrogens with one attached hydrogen (secondary N) is 2. The van der Waals surface area contributed by atoms with Crippen molar-refractivity contribution in [1.29, 1.82) is 0 Å². The van der Waals surface area contributed by atoms with Gasteiger partial charge in [-0.05, 0) is 44.3 Å². The minimum atomic E-state index is -0.0542. The number of rotatable bonds is 6. The van der Waals surface area contributed by atoms with Crippen LogP contribution in [0.2, 0.25) is 0 Å². The second kappa shape index (κ2) is 8.07. The van der Waals surface area contributed by atoms with Gasteiger partial charge in [-0.15, -0.1) is 11.3 Å². The second-order valence-corrected chi connectivity index (χ2v) is 7.24. The largest absolute Gasteiger partial charge is 0.480 e. The standard InChI is InChI=1S/C17H24N4O3S/c1-10-13-16(24-3)20-12(9-23-2)21-17(13)25-14(10)15(22)19-8-11-5-4-6-18-7-11/h11,18H,4-9H2,1-3H3,(H,19,22). The lowest BCUT2D eigenvalue weighted by Crippen LogP contribution is -2.38. The van der Waals surface area contributed by atoms with Crippen LogP contribution in [0.1, 0.15) is 33.9 Å². The number of hydrogen-bond donors (Lipinski definition) is 2. The Hall–Kier alpha value is -1.77. The highest BCUT2D eigenvalue weighted by Crippen LogP contribution is 2.35. The van der Waals surface area contributed by atoms with E-state index in [2.05, 4.69) is 20.6 Å². The zero-order valence-electron chi connectivity index (χ0n) is 14.8. The zero-order chi connectivity index (χ0) is 17.8. The average molecular weight is 364 g/mol. The van der Waals surface area contributed by atoms with Crippen LogP contribution in [0.5, 0.6) is 5.88 Å². The topological polar surface area (TPSA) is 85.4 Å². The first-order valence-electron chi connectivity index (χ1n) is 8.46. The molecule has 1 unspecified atom stereocenters. The van der Waals surface area contributed by atoms with E-state index < -0.39 is 0 Å². The van der Waals surface area contributed by atoms with Crippen LogP contribution in [-0.4, -0.2) is 49.7 Å². The molecule has 1 fully saturated rings. The number of ether oxygens (including phenoxy) is 2. The maximum Gasteiger partial charge on any atom is 0.261 e. The molecular weight excluding hydrogens is 340 g/mol. The summed E-state index contributed by atoms with van der Waals surface area (Å²) in [6.07, 6.45) is 2.32. The fourth-order valence-electron chi connectivity index (χ4n) is 3.12. The van der Waals surface area contributed by atoms with Crippen LogP contribution in [-0.2, 0) is 11.3 Å². The zero-order valence-corrected chi connectivity index (χ0v) is 15.7. The Morgan fingerprint density at radius 2 is 2.24 bits per heavy atom. The van der Waals surface area contributed by atoms with Crippen molar-refractivity contribution < 1.29 is 14.3 Å². The van der Waals surface area contributed by atoms with E-state index in [0.29, 0.717) is 35.7 Å². The quantitative estimate of drug-likeness (QED) is 0.814. The monoisotopic (exact) mass is 364 g/mol. The normalized spacial score (nSPS) is 17.6. The molecule has 8 heteroatoms. The number of amides is 1. The van der Waals surface area contributed by atoms with Crippen LogP contribution in [0.3, 0.4) is 0 Å². The SMILES string of the molecule is COCc1nc(OC)c2c(C)c(C(=O)NCC3CCCNC3)sc2n1. The van der Waals surface area contributed by atoms with E-state index in [4.69, 9.17) is 9.47 Å². The van der Waals surface area contributed by atoms with Crippen molar-refractivity contribution in [3.05, 3.63) is 16.3 Å². The van der Waals surface area contributed by atoms with Crippen molar-refractivity contribution in [3.8, 4) is 5.88 Å². The van der Waals surface area contributed by atoms with Crippen molar-refractivity contribution in [2.75, 3.05) is 33.9 Å². The molecule has 1 aliphatic heterocycles. The Morgan fingerprint density at radius 3 is 2.92 bits per heavy atom. The molecule has 0 radical (unpaired) electrons. The maximum absolute atomic E-state index is 12.7. The van der Waals surface area contributed by atoms with E-state index in [-0.39, 0.29) is 5.91 Å². The molecule has 25 heavy (non-hydrogen) atoms. The predicted octanol–water partition coefficient (Wildman–Crippen LogP) is 1.88. The molecule has 0 aliphatic carbocycles.